The normalized spacial score (nSPS) is 26.4. The molecule has 0 spiro atoms. The predicted molar refractivity (Wildman–Crippen MR) is 75.0 cm³/mol. The number of carbonyl (C=O) groups is 2. The molecular weight excluding hydrogens is 270 g/mol. The maximum atomic E-state index is 12.8. The van der Waals surface area contributed by atoms with Crippen LogP contribution >= 0.6 is 0 Å². The van der Waals surface area contributed by atoms with Crippen molar-refractivity contribution >= 4 is 11.8 Å². The molecule has 3 rings (SSSR count). The molecule has 2 aliphatic heterocycles. The lowest BCUT2D eigenvalue weighted by atomic mass is 9.90. The van der Waals surface area contributed by atoms with E-state index in [1.54, 1.807) is 22.1 Å². The van der Waals surface area contributed by atoms with Gasteiger partial charge in [0.25, 0.3) is 0 Å². The minimum Gasteiger partial charge on any atom is -0.360 e. The number of piperidine rings is 1. The third-order valence-corrected chi connectivity index (χ3v) is 4.39. The molecule has 2 unspecified atom stereocenters. The molecule has 2 atom stereocenters. The van der Waals surface area contributed by atoms with Crippen LogP contribution in [0.1, 0.15) is 38.9 Å². The molecule has 3 heterocycles. The summed E-state index contributed by atoms with van der Waals surface area (Å²) in [7, 11) is 0. The Kier molecular flexibility index (Phi) is 3.69. The highest BCUT2D eigenvalue weighted by Gasteiger charge is 2.47. The van der Waals surface area contributed by atoms with E-state index >= 15 is 0 Å². The Morgan fingerprint density at radius 1 is 1.33 bits per heavy atom. The number of amides is 2. The minimum atomic E-state index is -0.406. The molecule has 0 aliphatic carbocycles. The average Bonchev–Trinajstić information content (AvgIpc) is 2.97. The Morgan fingerprint density at radius 3 is 2.81 bits per heavy atom. The fourth-order valence-electron chi connectivity index (χ4n) is 3.40. The van der Waals surface area contributed by atoms with Gasteiger partial charge in [0.05, 0.1) is 12.7 Å². The Bertz CT molecular complexity index is 526. The molecule has 0 aromatic carbocycles. The molecule has 6 nitrogen and oxygen atoms in total. The Hall–Kier alpha value is -1.85. The smallest absolute Gasteiger partial charge is 0.246 e. The van der Waals surface area contributed by atoms with Crippen molar-refractivity contribution in [3.63, 3.8) is 0 Å². The third-order valence-electron chi connectivity index (χ3n) is 4.39. The van der Waals surface area contributed by atoms with E-state index in [0.717, 1.165) is 19.3 Å². The molecule has 0 bridgehead atoms. The van der Waals surface area contributed by atoms with Crippen LogP contribution < -0.4 is 0 Å². The summed E-state index contributed by atoms with van der Waals surface area (Å²) < 4.78 is 5.12. The van der Waals surface area contributed by atoms with Crippen LogP contribution in [0.3, 0.4) is 0 Å². The minimum absolute atomic E-state index is 0.0457. The van der Waals surface area contributed by atoms with Gasteiger partial charge in [0.15, 0.2) is 5.76 Å². The van der Waals surface area contributed by atoms with Crippen molar-refractivity contribution in [3.05, 3.63) is 18.0 Å². The number of hydrogen-bond donors (Lipinski definition) is 0. The van der Waals surface area contributed by atoms with Gasteiger partial charge in [-0.05, 0) is 25.2 Å². The zero-order valence-corrected chi connectivity index (χ0v) is 12.5. The lowest BCUT2D eigenvalue weighted by Gasteiger charge is -2.47. The van der Waals surface area contributed by atoms with E-state index in [1.807, 2.05) is 13.8 Å². The first-order valence-electron chi connectivity index (χ1n) is 7.60. The molecule has 2 amide bonds. The van der Waals surface area contributed by atoms with Crippen LogP contribution in [-0.2, 0) is 16.1 Å². The van der Waals surface area contributed by atoms with Crippen molar-refractivity contribution in [2.75, 3.05) is 6.54 Å². The number of fused-ring (bicyclic) bond motifs is 1. The molecular formula is C15H21N3O3. The standard InChI is InChI=1S/C15H21N3O3/c1-10(2)13-15(20)17-8-4-3-5-12(17)14(19)18(13)9-11-6-7-16-21-11/h6-7,10,12-13H,3-5,8-9H2,1-2H3. The van der Waals surface area contributed by atoms with E-state index in [1.165, 1.54) is 0 Å². The second-order valence-corrected chi connectivity index (χ2v) is 6.18. The summed E-state index contributed by atoms with van der Waals surface area (Å²) in [6.45, 7) is 4.98. The lowest BCUT2D eigenvalue weighted by Crippen LogP contribution is -2.66. The van der Waals surface area contributed by atoms with Gasteiger partial charge in [-0.15, -0.1) is 0 Å². The van der Waals surface area contributed by atoms with Gasteiger partial charge in [-0.2, -0.15) is 0 Å². The highest BCUT2D eigenvalue weighted by atomic mass is 16.5. The van der Waals surface area contributed by atoms with Crippen molar-refractivity contribution in [2.24, 2.45) is 5.92 Å². The molecule has 2 aliphatic rings. The summed E-state index contributed by atoms with van der Waals surface area (Å²) in [6.07, 6.45) is 4.32. The zero-order chi connectivity index (χ0) is 15.0. The summed E-state index contributed by atoms with van der Waals surface area (Å²) >= 11 is 0. The number of piperazine rings is 1. The van der Waals surface area contributed by atoms with E-state index < -0.39 is 6.04 Å². The fourth-order valence-corrected chi connectivity index (χ4v) is 3.40. The molecule has 0 N–H and O–H groups in total. The first-order chi connectivity index (χ1) is 10.1. The molecule has 1 aromatic rings. The van der Waals surface area contributed by atoms with Crippen molar-refractivity contribution < 1.29 is 14.1 Å². The number of hydrogen-bond acceptors (Lipinski definition) is 4. The Morgan fingerprint density at radius 2 is 2.14 bits per heavy atom. The van der Waals surface area contributed by atoms with Gasteiger partial charge < -0.3 is 14.3 Å². The van der Waals surface area contributed by atoms with E-state index in [4.69, 9.17) is 4.52 Å². The highest BCUT2D eigenvalue weighted by molar-refractivity contribution is 5.97. The Balaban J connectivity index is 1.90. The zero-order valence-electron chi connectivity index (χ0n) is 12.5. The average molecular weight is 291 g/mol. The molecule has 1 aromatic heterocycles. The van der Waals surface area contributed by atoms with Gasteiger partial charge in [-0.1, -0.05) is 19.0 Å². The van der Waals surface area contributed by atoms with Crippen molar-refractivity contribution in [1.29, 1.82) is 0 Å². The quantitative estimate of drug-likeness (QED) is 0.845. The highest BCUT2D eigenvalue weighted by Crippen LogP contribution is 2.30. The van der Waals surface area contributed by atoms with Crippen LogP contribution in [0.5, 0.6) is 0 Å². The van der Waals surface area contributed by atoms with Crippen molar-refractivity contribution in [2.45, 2.75) is 51.7 Å². The summed E-state index contributed by atoms with van der Waals surface area (Å²) in [4.78, 5) is 29.1. The summed E-state index contributed by atoms with van der Waals surface area (Å²) in [6, 6.07) is 1.05. The molecule has 114 valence electrons. The van der Waals surface area contributed by atoms with Crippen LogP contribution in [0.2, 0.25) is 0 Å². The number of aromatic nitrogens is 1. The largest absolute Gasteiger partial charge is 0.360 e. The van der Waals surface area contributed by atoms with E-state index in [9.17, 15) is 9.59 Å². The molecule has 2 fully saturated rings. The predicted octanol–water partition coefficient (Wildman–Crippen LogP) is 1.42. The molecule has 21 heavy (non-hydrogen) atoms. The summed E-state index contributed by atoms with van der Waals surface area (Å²) in [5, 5.41) is 3.67. The van der Waals surface area contributed by atoms with Gasteiger partial charge >= 0.3 is 0 Å². The van der Waals surface area contributed by atoms with Crippen LogP contribution in [0.4, 0.5) is 0 Å². The van der Waals surface area contributed by atoms with Crippen LogP contribution in [0.15, 0.2) is 16.8 Å². The van der Waals surface area contributed by atoms with Crippen LogP contribution in [0.25, 0.3) is 0 Å². The fraction of sp³-hybridized carbons (Fsp3) is 0.667. The van der Waals surface area contributed by atoms with E-state index in [0.29, 0.717) is 18.8 Å². The number of carbonyl (C=O) groups excluding carboxylic acids is 2. The first kappa shape index (κ1) is 14.1. The Labute approximate surface area is 124 Å². The molecule has 6 heteroatoms. The van der Waals surface area contributed by atoms with Gasteiger partial charge in [0.2, 0.25) is 11.8 Å². The maximum Gasteiger partial charge on any atom is 0.246 e. The SMILES string of the molecule is CC(C)C1C(=O)N2CCCCC2C(=O)N1Cc1ccno1. The second kappa shape index (κ2) is 5.50. The molecule has 0 radical (unpaired) electrons. The first-order valence-corrected chi connectivity index (χ1v) is 7.60. The van der Waals surface area contributed by atoms with E-state index in [-0.39, 0.29) is 23.8 Å². The van der Waals surface area contributed by atoms with Crippen LogP contribution in [0, 0.1) is 5.92 Å². The van der Waals surface area contributed by atoms with E-state index in [2.05, 4.69) is 5.16 Å². The van der Waals surface area contributed by atoms with Crippen molar-refractivity contribution in [3.8, 4) is 0 Å². The number of nitrogens with zero attached hydrogens (tertiary/aromatic N) is 3. The van der Waals surface area contributed by atoms with Crippen LogP contribution in [-0.4, -0.2) is 45.4 Å². The monoisotopic (exact) mass is 291 g/mol. The van der Waals surface area contributed by atoms with Gasteiger partial charge in [0.1, 0.15) is 12.1 Å². The second-order valence-electron chi connectivity index (χ2n) is 6.18. The maximum absolute atomic E-state index is 12.8. The van der Waals surface area contributed by atoms with Crippen molar-refractivity contribution in [1.82, 2.24) is 15.0 Å². The third kappa shape index (κ3) is 2.43. The molecule has 2 saturated heterocycles. The summed E-state index contributed by atoms with van der Waals surface area (Å²) in [5.41, 5.74) is 0. The summed E-state index contributed by atoms with van der Waals surface area (Å²) in [5.74, 6) is 0.816. The van der Waals surface area contributed by atoms with Gasteiger partial charge in [0, 0.05) is 12.6 Å². The lowest BCUT2D eigenvalue weighted by molar-refractivity contribution is -0.166. The topological polar surface area (TPSA) is 66.7 Å². The molecule has 0 saturated carbocycles. The number of rotatable bonds is 3. The van der Waals surface area contributed by atoms with Gasteiger partial charge in [-0.25, -0.2) is 0 Å². The van der Waals surface area contributed by atoms with Gasteiger partial charge in [-0.3, -0.25) is 9.59 Å².